The molecule has 0 saturated carbocycles. The van der Waals surface area contributed by atoms with Crippen LogP contribution in [0.1, 0.15) is 36.4 Å². The van der Waals surface area contributed by atoms with E-state index in [1.807, 2.05) is 17.8 Å². The maximum Gasteiger partial charge on any atom is 0.220 e. The molecule has 0 fully saturated rings. The Kier molecular flexibility index (Phi) is 4.79. The molecule has 1 aromatic heterocycles. The van der Waals surface area contributed by atoms with Crippen LogP contribution in [0.15, 0.2) is 59.6 Å². The van der Waals surface area contributed by atoms with Gasteiger partial charge in [-0.05, 0) is 42.5 Å². The molecule has 2 aromatic carbocycles. The molecule has 0 bridgehead atoms. The molecule has 1 amide bonds. The van der Waals surface area contributed by atoms with Gasteiger partial charge in [-0.25, -0.2) is 0 Å². The maximum atomic E-state index is 12.4. The van der Waals surface area contributed by atoms with Crippen LogP contribution in [-0.2, 0) is 11.2 Å². The summed E-state index contributed by atoms with van der Waals surface area (Å²) in [4.78, 5) is 17.0. The molecule has 2 heterocycles. The fourth-order valence-electron chi connectivity index (χ4n) is 3.54. The van der Waals surface area contributed by atoms with Crippen molar-refractivity contribution in [1.82, 2.24) is 10.3 Å². The van der Waals surface area contributed by atoms with E-state index in [4.69, 9.17) is 0 Å². The van der Waals surface area contributed by atoms with Crippen molar-refractivity contribution in [3.05, 3.63) is 65.9 Å². The van der Waals surface area contributed by atoms with E-state index in [0.717, 1.165) is 25.0 Å². The van der Waals surface area contributed by atoms with Gasteiger partial charge in [0.05, 0.1) is 6.04 Å². The molecule has 25 heavy (non-hydrogen) atoms. The van der Waals surface area contributed by atoms with E-state index >= 15 is 0 Å². The van der Waals surface area contributed by atoms with Crippen LogP contribution in [0.5, 0.6) is 0 Å². The smallest absolute Gasteiger partial charge is 0.220 e. The van der Waals surface area contributed by atoms with Crippen LogP contribution in [0.2, 0.25) is 0 Å². The van der Waals surface area contributed by atoms with E-state index in [2.05, 4.69) is 59.0 Å². The van der Waals surface area contributed by atoms with Crippen molar-refractivity contribution in [2.45, 2.75) is 36.6 Å². The van der Waals surface area contributed by atoms with Gasteiger partial charge in [0.25, 0.3) is 0 Å². The first-order valence-electron chi connectivity index (χ1n) is 8.87. The van der Waals surface area contributed by atoms with Crippen molar-refractivity contribution in [2.75, 3.05) is 5.75 Å². The van der Waals surface area contributed by atoms with Gasteiger partial charge in [0.2, 0.25) is 5.91 Å². The van der Waals surface area contributed by atoms with Crippen molar-refractivity contribution in [3.63, 3.8) is 0 Å². The highest BCUT2D eigenvalue weighted by Crippen LogP contribution is 2.35. The summed E-state index contributed by atoms with van der Waals surface area (Å²) in [5.41, 5.74) is 3.73. The fourth-order valence-corrected chi connectivity index (χ4v) is 4.66. The molecule has 1 aliphatic heterocycles. The molecule has 0 spiro atoms. The van der Waals surface area contributed by atoms with E-state index in [1.165, 1.54) is 26.9 Å². The van der Waals surface area contributed by atoms with Crippen LogP contribution in [0.4, 0.5) is 0 Å². The summed E-state index contributed by atoms with van der Waals surface area (Å²) in [6.07, 6.45) is 5.45. The summed E-state index contributed by atoms with van der Waals surface area (Å²) in [7, 11) is 0. The standard InChI is InChI=1S/C21H22N2OS/c24-21(23-19-12-13-25-20-10-4-2-8-17(19)20)11-5-6-15-14-22-18-9-3-1-7-16(15)18/h1-4,7-10,14,19,22H,5-6,11-13H2,(H,23,24)/t19-/m1/s1. The SMILES string of the molecule is O=C(CCCc1c[nH]c2ccccc12)N[C@@H]1CCSc2ccccc21. The minimum absolute atomic E-state index is 0.159. The Morgan fingerprint density at radius 3 is 2.96 bits per heavy atom. The van der Waals surface area contributed by atoms with Crippen LogP contribution >= 0.6 is 11.8 Å². The number of aromatic nitrogens is 1. The number of carbonyl (C=O) groups is 1. The highest BCUT2D eigenvalue weighted by atomic mass is 32.2. The lowest BCUT2D eigenvalue weighted by Gasteiger charge is -2.25. The zero-order valence-electron chi connectivity index (χ0n) is 14.1. The summed E-state index contributed by atoms with van der Waals surface area (Å²) in [5, 5.41) is 4.50. The third-order valence-corrected chi connectivity index (χ3v) is 5.94. The summed E-state index contributed by atoms with van der Waals surface area (Å²) < 4.78 is 0. The number of hydrogen-bond acceptors (Lipinski definition) is 2. The third-order valence-electron chi connectivity index (χ3n) is 4.82. The Morgan fingerprint density at radius 1 is 1.16 bits per heavy atom. The highest BCUT2D eigenvalue weighted by Gasteiger charge is 2.21. The average molecular weight is 350 g/mol. The lowest BCUT2D eigenvalue weighted by Crippen LogP contribution is -2.30. The van der Waals surface area contributed by atoms with Gasteiger partial charge in [-0.2, -0.15) is 0 Å². The van der Waals surface area contributed by atoms with E-state index < -0.39 is 0 Å². The van der Waals surface area contributed by atoms with Crippen LogP contribution in [-0.4, -0.2) is 16.6 Å². The molecule has 3 aromatic rings. The largest absolute Gasteiger partial charge is 0.361 e. The minimum atomic E-state index is 0.159. The Bertz CT molecular complexity index is 886. The minimum Gasteiger partial charge on any atom is -0.361 e. The number of thioether (sulfide) groups is 1. The number of aromatic amines is 1. The first-order valence-corrected chi connectivity index (χ1v) is 9.86. The van der Waals surface area contributed by atoms with Gasteiger partial charge in [-0.15, -0.1) is 11.8 Å². The second-order valence-electron chi connectivity index (χ2n) is 6.51. The van der Waals surface area contributed by atoms with Gasteiger partial charge < -0.3 is 10.3 Å². The Morgan fingerprint density at radius 2 is 2.00 bits per heavy atom. The second-order valence-corrected chi connectivity index (χ2v) is 7.64. The first-order chi connectivity index (χ1) is 12.3. The summed E-state index contributed by atoms with van der Waals surface area (Å²) in [6, 6.07) is 16.9. The average Bonchev–Trinajstić information content (AvgIpc) is 3.05. The van der Waals surface area contributed by atoms with Gasteiger partial charge >= 0.3 is 0 Å². The number of fused-ring (bicyclic) bond motifs is 2. The molecule has 2 N–H and O–H groups in total. The number of H-pyrrole nitrogens is 1. The molecule has 3 nitrogen and oxygen atoms in total. The van der Waals surface area contributed by atoms with Crippen LogP contribution in [0, 0.1) is 0 Å². The van der Waals surface area contributed by atoms with E-state index in [1.54, 1.807) is 0 Å². The molecule has 0 radical (unpaired) electrons. The number of aryl methyl sites for hydroxylation is 1. The van der Waals surface area contributed by atoms with Crippen molar-refractivity contribution in [3.8, 4) is 0 Å². The van der Waals surface area contributed by atoms with Crippen molar-refractivity contribution in [1.29, 1.82) is 0 Å². The second kappa shape index (κ2) is 7.36. The number of rotatable bonds is 5. The van der Waals surface area contributed by atoms with Gasteiger partial charge in [-0.3, -0.25) is 4.79 Å². The normalized spacial score (nSPS) is 16.6. The zero-order valence-corrected chi connectivity index (χ0v) is 14.9. The van der Waals surface area contributed by atoms with Gasteiger partial charge in [-0.1, -0.05) is 36.4 Å². The molecule has 0 aliphatic carbocycles. The molecule has 128 valence electrons. The van der Waals surface area contributed by atoms with E-state index in [9.17, 15) is 4.79 Å². The summed E-state index contributed by atoms with van der Waals surface area (Å²) in [5.74, 6) is 1.23. The van der Waals surface area contributed by atoms with Crippen molar-refractivity contribution < 1.29 is 4.79 Å². The van der Waals surface area contributed by atoms with E-state index in [0.29, 0.717) is 6.42 Å². The topological polar surface area (TPSA) is 44.9 Å². The van der Waals surface area contributed by atoms with Crippen LogP contribution in [0.3, 0.4) is 0 Å². The molecule has 1 atom stereocenters. The number of benzene rings is 2. The number of nitrogens with one attached hydrogen (secondary N) is 2. The lowest BCUT2D eigenvalue weighted by molar-refractivity contribution is -0.122. The molecule has 0 saturated heterocycles. The molecule has 4 heteroatoms. The van der Waals surface area contributed by atoms with Gasteiger partial charge in [0.1, 0.15) is 0 Å². The van der Waals surface area contributed by atoms with Crippen LogP contribution < -0.4 is 5.32 Å². The first kappa shape index (κ1) is 16.3. The maximum absolute atomic E-state index is 12.4. The third kappa shape index (κ3) is 3.59. The number of para-hydroxylation sites is 1. The predicted molar refractivity (Wildman–Crippen MR) is 104 cm³/mol. The predicted octanol–water partition coefficient (Wildman–Crippen LogP) is 4.84. The number of hydrogen-bond donors (Lipinski definition) is 2. The number of carbonyl (C=O) groups excluding carboxylic acids is 1. The Hall–Kier alpha value is -2.20. The summed E-state index contributed by atoms with van der Waals surface area (Å²) >= 11 is 1.88. The fraction of sp³-hybridized carbons (Fsp3) is 0.286. The van der Waals surface area contributed by atoms with Crippen molar-refractivity contribution in [2.24, 2.45) is 0 Å². The Balaban J connectivity index is 1.33. The lowest BCUT2D eigenvalue weighted by atomic mass is 10.0. The van der Waals surface area contributed by atoms with Crippen molar-refractivity contribution >= 4 is 28.6 Å². The zero-order chi connectivity index (χ0) is 17.1. The Labute approximate surface area is 152 Å². The number of amides is 1. The molecular formula is C21H22N2OS. The molecular weight excluding hydrogens is 328 g/mol. The van der Waals surface area contributed by atoms with Gasteiger partial charge in [0, 0.05) is 34.2 Å². The highest BCUT2D eigenvalue weighted by molar-refractivity contribution is 7.99. The monoisotopic (exact) mass is 350 g/mol. The molecule has 4 rings (SSSR count). The quantitative estimate of drug-likeness (QED) is 0.691. The van der Waals surface area contributed by atoms with Crippen LogP contribution in [0.25, 0.3) is 10.9 Å². The van der Waals surface area contributed by atoms with E-state index in [-0.39, 0.29) is 11.9 Å². The van der Waals surface area contributed by atoms with Gasteiger partial charge in [0.15, 0.2) is 0 Å². The summed E-state index contributed by atoms with van der Waals surface area (Å²) in [6.45, 7) is 0. The molecule has 1 aliphatic rings. The molecule has 0 unspecified atom stereocenters.